The summed E-state index contributed by atoms with van der Waals surface area (Å²) in [6.45, 7) is 12.1. The minimum absolute atomic E-state index is 0.0826. The van der Waals surface area contributed by atoms with Crippen molar-refractivity contribution in [1.82, 2.24) is 15.1 Å². The van der Waals surface area contributed by atoms with Crippen LogP contribution in [0.3, 0.4) is 0 Å². The van der Waals surface area contributed by atoms with Gasteiger partial charge < -0.3 is 29.5 Å². The van der Waals surface area contributed by atoms with E-state index in [0.717, 1.165) is 57.0 Å². The molecule has 3 rings (SSSR count). The van der Waals surface area contributed by atoms with E-state index in [1.807, 2.05) is 6.08 Å². The van der Waals surface area contributed by atoms with E-state index in [2.05, 4.69) is 18.5 Å². The van der Waals surface area contributed by atoms with Crippen molar-refractivity contribution in [1.29, 1.82) is 0 Å². The number of amides is 4. The maximum atomic E-state index is 14.3. The number of unbranched alkanes of at least 4 members (excludes halogenated alkanes) is 3. The highest BCUT2D eigenvalue weighted by Gasteiger charge is 2.69. The number of imide groups is 1. The largest absolute Gasteiger partial charge is 0.467 e. The molecule has 0 unspecified atom stereocenters. The van der Waals surface area contributed by atoms with Crippen molar-refractivity contribution >= 4 is 30.0 Å². The van der Waals surface area contributed by atoms with Crippen LogP contribution in [0.4, 0.5) is 9.59 Å². The molecular weight excluding hydrogens is 570 g/mol. The molecule has 0 spiro atoms. The van der Waals surface area contributed by atoms with Crippen LogP contribution in [-0.2, 0) is 28.6 Å². The Labute approximate surface area is 260 Å². The highest BCUT2D eigenvalue weighted by molar-refractivity contribution is 6.04. The fraction of sp³-hybridized carbons (Fsp3) is 0.719. The highest BCUT2D eigenvalue weighted by Crippen LogP contribution is 2.51. The summed E-state index contributed by atoms with van der Waals surface area (Å²) in [5.41, 5.74) is -2.69. The molecule has 5 atom stereocenters. The summed E-state index contributed by atoms with van der Waals surface area (Å²) in [6, 6.07) is -2.33. The summed E-state index contributed by atoms with van der Waals surface area (Å²) < 4.78 is 16.1. The number of aliphatic hydroxyl groups is 1. The topological polar surface area (TPSA) is 152 Å². The number of alkyl carbamates (subject to hydrolysis) is 1. The normalized spacial score (nSPS) is 25.5. The second-order valence-corrected chi connectivity index (χ2v) is 12.9. The third kappa shape index (κ3) is 8.40. The molecule has 2 N–H and O–H groups in total. The number of methoxy groups -OCH3 is 1. The van der Waals surface area contributed by atoms with E-state index >= 15 is 0 Å². The monoisotopic (exact) mass is 619 g/mol. The lowest BCUT2D eigenvalue weighted by Crippen LogP contribution is -2.60. The van der Waals surface area contributed by atoms with Crippen molar-refractivity contribution in [3.8, 4) is 0 Å². The van der Waals surface area contributed by atoms with Gasteiger partial charge in [0.25, 0.3) is 5.91 Å². The van der Waals surface area contributed by atoms with Gasteiger partial charge in [-0.15, -0.1) is 13.2 Å². The predicted octanol–water partition coefficient (Wildman–Crippen LogP) is 4.00. The number of likely N-dealkylation sites (tertiary alicyclic amines) is 1. The molecule has 246 valence electrons. The van der Waals surface area contributed by atoms with Gasteiger partial charge in [0.05, 0.1) is 13.2 Å². The van der Waals surface area contributed by atoms with Crippen LogP contribution in [0.5, 0.6) is 0 Å². The van der Waals surface area contributed by atoms with Gasteiger partial charge in [0.15, 0.2) is 5.54 Å². The maximum Gasteiger partial charge on any atom is 0.418 e. The number of nitrogens with zero attached hydrogens (tertiary/aromatic N) is 2. The molecule has 2 saturated carbocycles. The first-order valence-corrected chi connectivity index (χ1v) is 15.6. The minimum atomic E-state index is -1.69. The van der Waals surface area contributed by atoms with Crippen molar-refractivity contribution in [2.45, 2.75) is 127 Å². The van der Waals surface area contributed by atoms with E-state index in [1.165, 1.54) is 11.0 Å². The average molecular weight is 620 g/mol. The van der Waals surface area contributed by atoms with Gasteiger partial charge in [-0.3, -0.25) is 9.59 Å². The summed E-state index contributed by atoms with van der Waals surface area (Å²) in [7, 11) is 1.16. The van der Waals surface area contributed by atoms with Gasteiger partial charge in [-0.25, -0.2) is 19.3 Å². The van der Waals surface area contributed by atoms with E-state index in [0.29, 0.717) is 6.42 Å². The smallest absolute Gasteiger partial charge is 0.418 e. The predicted molar refractivity (Wildman–Crippen MR) is 161 cm³/mol. The number of β-amino-alcohol motifs (C(OH)–C–C–N with tert-alkyl or cyclic N) is 1. The zero-order valence-electron chi connectivity index (χ0n) is 26.5. The first-order chi connectivity index (χ1) is 20.8. The van der Waals surface area contributed by atoms with Gasteiger partial charge in [-0.05, 0) is 72.1 Å². The standard InChI is InChI=1S/C32H49N3O9/c1-7-9-10-11-12-17-24(33-29(40)43-23-15-13-14-16-23)26(37)34-20-22(36)18-25(34)27(38)35(30(41)44-31(3,4)5)32(28(39)42-6)19-21(32)8-2/h7-8,21-25,36H,1-2,9-20H2,3-6H3,(H,33,40)/t21-,22-,24+,25+,32-/m1/s1. The SMILES string of the molecule is C=CCCCCC[C@H](NC(=O)OC1CCCC1)C(=O)N1C[C@H](O)C[C@H]1C(=O)N(C(=O)OC(C)(C)C)[C@]1(C(=O)OC)C[C@H]1C=C. The maximum absolute atomic E-state index is 14.3. The molecule has 0 aromatic rings. The van der Waals surface area contributed by atoms with E-state index < -0.39 is 65.2 Å². The number of carbonyl (C=O) groups is 5. The number of ether oxygens (including phenoxy) is 3. The number of nitrogens with one attached hydrogen (secondary N) is 1. The number of hydrogen-bond donors (Lipinski definition) is 2. The van der Waals surface area contributed by atoms with Crippen molar-refractivity contribution < 1.29 is 43.3 Å². The number of allylic oxidation sites excluding steroid dienone is 1. The van der Waals surface area contributed by atoms with Gasteiger partial charge in [-0.1, -0.05) is 25.0 Å². The van der Waals surface area contributed by atoms with Crippen LogP contribution in [0.2, 0.25) is 0 Å². The van der Waals surface area contributed by atoms with E-state index in [1.54, 1.807) is 20.8 Å². The van der Waals surface area contributed by atoms with Crippen LogP contribution in [-0.4, -0.2) is 94.0 Å². The van der Waals surface area contributed by atoms with Gasteiger partial charge in [0, 0.05) is 18.9 Å². The molecule has 44 heavy (non-hydrogen) atoms. The van der Waals surface area contributed by atoms with Gasteiger partial charge >= 0.3 is 18.2 Å². The fourth-order valence-electron chi connectivity index (χ4n) is 6.12. The van der Waals surface area contributed by atoms with Gasteiger partial charge in [0.1, 0.15) is 23.8 Å². The molecule has 0 aromatic carbocycles. The first-order valence-electron chi connectivity index (χ1n) is 15.6. The molecule has 12 heteroatoms. The summed E-state index contributed by atoms with van der Waals surface area (Å²) in [6.07, 6.45) is 6.95. The van der Waals surface area contributed by atoms with E-state index in [9.17, 15) is 29.1 Å². The van der Waals surface area contributed by atoms with Crippen LogP contribution >= 0.6 is 0 Å². The number of aliphatic hydroxyl groups excluding tert-OH is 1. The second-order valence-electron chi connectivity index (χ2n) is 12.9. The van der Waals surface area contributed by atoms with Crippen molar-refractivity contribution in [2.75, 3.05) is 13.7 Å². The molecule has 1 heterocycles. The Kier molecular flexibility index (Phi) is 12.0. The molecular formula is C32H49N3O9. The summed E-state index contributed by atoms with van der Waals surface area (Å²) in [5, 5.41) is 13.4. The highest BCUT2D eigenvalue weighted by atomic mass is 16.6. The molecule has 3 aliphatic rings. The molecule has 2 aliphatic carbocycles. The van der Waals surface area contributed by atoms with E-state index in [4.69, 9.17) is 14.2 Å². The van der Waals surface area contributed by atoms with Crippen LogP contribution in [0.1, 0.15) is 91.4 Å². The Morgan fingerprint density at radius 3 is 2.36 bits per heavy atom. The number of rotatable bonds is 13. The van der Waals surface area contributed by atoms with Crippen LogP contribution < -0.4 is 5.32 Å². The van der Waals surface area contributed by atoms with Crippen molar-refractivity contribution in [3.05, 3.63) is 25.3 Å². The number of esters is 1. The van der Waals surface area contributed by atoms with Crippen LogP contribution in [0, 0.1) is 5.92 Å². The lowest BCUT2D eigenvalue weighted by Gasteiger charge is -2.35. The second kappa shape index (κ2) is 15.0. The van der Waals surface area contributed by atoms with Gasteiger partial charge in [-0.2, -0.15) is 0 Å². The summed E-state index contributed by atoms with van der Waals surface area (Å²) in [4.78, 5) is 69.7. The zero-order valence-corrected chi connectivity index (χ0v) is 26.5. The third-order valence-corrected chi connectivity index (χ3v) is 8.42. The molecule has 1 aliphatic heterocycles. The lowest BCUT2D eigenvalue weighted by atomic mass is 10.0. The quantitative estimate of drug-likeness (QED) is 0.135. The van der Waals surface area contributed by atoms with Crippen molar-refractivity contribution in [2.24, 2.45) is 5.92 Å². The van der Waals surface area contributed by atoms with Crippen LogP contribution in [0.15, 0.2) is 25.3 Å². The molecule has 0 radical (unpaired) electrons. The Morgan fingerprint density at radius 1 is 1.11 bits per heavy atom. The molecule has 1 saturated heterocycles. The molecule has 3 fully saturated rings. The van der Waals surface area contributed by atoms with E-state index in [-0.39, 0.29) is 31.9 Å². The summed E-state index contributed by atoms with van der Waals surface area (Å²) >= 11 is 0. The lowest BCUT2D eigenvalue weighted by molar-refractivity contribution is -0.157. The van der Waals surface area contributed by atoms with Crippen molar-refractivity contribution in [3.63, 3.8) is 0 Å². The Hall–Kier alpha value is -3.41. The molecule has 4 amide bonds. The number of hydrogen-bond acceptors (Lipinski definition) is 9. The molecule has 0 aromatic heterocycles. The first kappa shape index (κ1) is 35.1. The Balaban J connectivity index is 1.89. The Bertz CT molecular complexity index is 1100. The zero-order chi connectivity index (χ0) is 32.7. The fourth-order valence-corrected chi connectivity index (χ4v) is 6.12. The minimum Gasteiger partial charge on any atom is -0.467 e. The van der Waals surface area contributed by atoms with Gasteiger partial charge in [0.2, 0.25) is 5.91 Å². The average Bonchev–Trinajstić information content (AvgIpc) is 3.24. The van der Waals surface area contributed by atoms with Crippen LogP contribution in [0.25, 0.3) is 0 Å². The third-order valence-electron chi connectivity index (χ3n) is 8.42. The molecule has 12 nitrogen and oxygen atoms in total. The summed E-state index contributed by atoms with van der Waals surface area (Å²) in [5.74, 6) is -2.86. The molecule has 0 bridgehead atoms. The Morgan fingerprint density at radius 2 is 1.80 bits per heavy atom. The number of carbonyl (C=O) groups excluding carboxylic acids is 5.